The molecule has 0 amide bonds. The van der Waals surface area contributed by atoms with Gasteiger partial charge >= 0.3 is 0 Å². The largest absolute Gasteiger partial charge is 0.224 e. The zero-order valence-electron chi connectivity index (χ0n) is 7.45. The number of piperidine rings is 2. The van der Waals surface area contributed by atoms with Gasteiger partial charge in [0.15, 0.2) is 0 Å². The number of hydrogen-bond donors (Lipinski definition) is 0. The minimum absolute atomic E-state index is 0.0726. The van der Waals surface area contributed by atoms with Crippen LogP contribution in [0.15, 0.2) is 0 Å². The molecule has 0 N–H and O–H groups in total. The van der Waals surface area contributed by atoms with Crippen molar-refractivity contribution in [3.63, 3.8) is 0 Å². The van der Waals surface area contributed by atoms with Gasteiger partial charge in [0.25, 0.3) is 0 Å². The average molecular weight is 268 g/mol. The lowest BCUT2D eigenvalue weighted by Gasteiger charge is -2.43. The van der Waals surface area contributed by atoms with E-state index in [1.54, 1.807) is 4.31 Å². The third-order valence-electron chi connectivity index (χ3n) is 3.16. The molecule has 2 saturated heterocycles. The minimum Gasteiger partial charge on any atom is -0.211 e. The van der Waals surface area contributed by atoms with Crippen molar-refractivity contribution in [2.75, 3.05) is 11.2 Å². The van der Waals surface area contributed by atoms with Gasteiger partial charge in [-0.05, 0) is 31.6 Å². The van der Waals surface area contributed by atoms with Gasteiger partial charge in [-0.25, -0.2) is 8.42 Å². The summed E-state index contributed by atoms with van der Waals surface area (Å²) in [6, 6.07) is 0.299. The molecule has 3 rings (SSSR count). The van der Waals surface area contributed by atoms with Crippen molar-refractivity contribution in [1.29, 1.82) is 0 Å². The molecule has 0 spiro atoms. The highest BCUT2D eigenvalue weighted by Crippen LogP contribution is 2.36. The number of sulfonamides is 1. The van der Waals surface area contributed by atoms with Crippen LogP contribution in [-0.4, -0.2) is 30.0 Å². The van der Waals surface area contributed by atoms with Crippen LogP contribution in [0.1, 0.15) is 25.7 Å². The monoisotopic (exact) mass is 267 g/mol. The van der Waals surface area contributed by atoms with Gasteiger partial charge < -0.3 is 0 Å². The molecule has 1 aliphatic carbocycles. The third kappa shape index (κ3) is 1.78. The lowest BCUT2D eigenvalue weighted by molar-refractivity contribution is 0.121. The van der Waals surface area contributed by atoms with Crippen molar-refractivity contribution >= 4 is 26.0 Å². The van der Waals surface area contributed by atoms with E-state index in [9.17, 15) is 8.42 Å². The van der Waals surface area contributed by atoms with E-state index in [0.29, 0.717) is 12.0 Å². The van der Waals surface area contributed by atoms with Crippen LogP contribution in [0.5, 0.6) is 0 Å². The first-order valence-electron chi connectivity index (χ1n) is 4.69. The summed E-state index contributed by atoms with van der Waals surface area (Å²) >= 11 is 3.05. The van der Waals surface area contributed by atoms with Crippen molar-refractivity contribution in [1.82, 2.24) is 4.31 Å². The SMILES string of the molecule is O=S(=O)(CBr)N1CC2CCC1CC2. The summed E-state index contributed by atoms with van der Waals surface area (Å²) in [6.07, 6.45) is 4.58. The van der Waals surface area contributed by atoms with E-state index in [1.807, 2.05) is 0 Å². The van der Waals surface area contributed by atoms with Gasteiger partial charge in [-0.2, -0.15) is 4.31 Å². The minimum atomic E-state index is -3.00. The molecule has 13 heavy (non-hydrogen) atoms. The van der Waals surface area contributed by atoms with Crippen LogP contribution in [0.2, 0.25) is 0 Å². The second-order valence-electron chi connectivity index (χ2n) is 3.97. The van der Waals surface area contributed by atoms with E-state index in [-0.39, 0.29) is 4.66 Å². The van der Waals surface area contributed by atoms with Crippen LogP contribution in [0, 0.1) is 5.92 Å². The van der Waals surface area contributed by atoms with Gasteiger partial charge in [0.1, 0.15) is 4.66 Å². The highest BCUT2D eigenvalue weighted by atomic mass is 79.9. The van der Waals surface area contributed by atoms with Crippen LogP contribution >= 0.6 is 15.9 Å². The Labute approximate surface area is 87.7 Å². The van der Waals surface area contributed by atoms with Crippen LogP contribution in [0.25, 0.3) is 0 Å². The maximum atomic E-state index is 11.6. The fourth-order valence-electron chi connectivity index (χ4n) is 2.42. The Morgan fingerprint density at radius 2 is 1.85 bits per heavy atom. The van der Waals surface area contributed by atoms with Crippen LogP contribution in [-0.2, 0) is 10.0 Å². The van der Waals surface area contributed by atoms with Crippen molar-refractivity contribution in [3.8, 4) is 0 Å². The number of alkyl halides is 1. The van der Waals surface area contributed by atoms with Gasteiger partial charge in [0.2, 0.25) is 10.0 Å². The molecule has 0 aromatic heterocycles. The summed E-state index contributed by atoms with van der Waals surface area (Å²) in [6.45, 7) is 0.763. The summed E-state index contributed by atoms with van der Waals surface area (Å²) in [4.78, 5) is 0. The van der Waals surface area contributed by atoms with E-state index in [4.69, 9.17) is 0 Å². The molecule has 0 unspecified atom stereocenters. The fourth-order valence-corrected chi connectivity index (χ4v) is 4.44. The molecule has 2 bridgehead atoms. The van der Waals surface area contributed by atoms with Crippen molar-refractivity contribution < 1.29 is 8.42 Å². The average Bonchev–Trinajstić information content (AvgIpc) is 2.19. The van der Waals surface area contributed by atoms with E-state index >= 15 is 0 Å². The number of hydrogen-bond acceptors (Lipinski definition) is 2. The summed E-state index contributed by atoms with van der Waals surface area (Å²) in [5.41, 5.74) is 0. The van der Waals surface area contributed by atoms with E-state index < -0.39 is 10.0 Å². The summed E-state index contributed by atoms with van der Waals surface area (Å²) in [5.74, 6) is 0.624. The molecule has 3 aliphatic rings. The molecule has 2 aliphatic heterocycles. The van der Waals surface area contributed by atoms with Crippen molar-refractivity contribution in [2.45, 2.75) is 31.7 Å². The summed E-state index contributed by atoms with van der Waals surface area (Å²) in [7, 11) is -3.00. The summed E-state index contributed by atoms with van der Waals surface area (Å²) in [5, 5.41) is 0. The predicted octanol–water partition coefficient (Wildman–Crippen LogP) is 1.54. The topological polar surface area (TPSA) is 37.4 Å². The molecular weight excluding hydrogens is 254 g/mol. The van der Waals surface area contributed by atoms with E-state index in [1.165, 1.54) is 12.8 Å². The highest BCUT2D eigenvalue weighted by Gasteiger charge is 2.39. The molecule has 2 heterocycles. The van der Waals surface area contributed by atoms with Crippen molar-refractivity contribution in [3.05, 3.63) is 0 Å². The first-order valence-corrected chi connectivity index (χ1v) is 7.42. The molecule has 5 heteroatoms. The maximum absolute atomic E-state index is 11.6. The highest BCUT2D eigenvalue weighted by molar-refractivity contribution is 9.10. The molecule has 0 aromatic rings. The van der Waals surface area contributed by atoms with Gasteiger partial charge in [-0.3, -0.25) is 0 Å². The Morgan fingerprint density at radius 3 is 2.23 bits per heavy atom. The molecular formula is C8H14BrNO2S. The Balaban J connectivity index is 2.18. The Kier molecular flexibility index (Phi) is 2.68. The van der Waals surface area contributed by atoms with Crippen molar-refractivity contribution in [2.24, 2.45) is 5.92 Å². The number of rotatable bonds is 2. The first kappa shape index (κ1) is 9.93. The first-order chi connectivity index (χ1) is 6.13. The third-order valence-corrected chi connectivity index (χ3v) is 6.33. The number of fused-ring (bicyclic) bond motifs is 3. The Morgan fingerprint density at radius 1 is 1.23 bits per heavy atom. The molecule has 0 atom stereocenters. The second-order valence-corrected chi connectivity index (χ2v) is 7.19. The number of nitrogens with zero attached hydrogens (tertiary/aromatic N) is 1. The fraction of sp³-hybridized carbons (Fsp3) is 1.00. The molecule has 1 saturated carbocycles. The quantitative estimate of drug-likeness (QED) is 0.712. The Hall–Kier alpha value is 0.390. The normalized spacial score (nSPS) is 35.2. The maximum Gasteiger partial charge on any atom is 0.224 e. The lowest BCUT2D eigenvalue weighted by Crippen LogP contribution is -2.50. The zero-order valence-corrected chi connectivity index (χ0v) is 9.85. The smallest absolute Gasteiger partial charge is 0.211 e. The summed E-state index contributed by atoms with van der Waals surface area (Å²) < 4.78 is 25.0. The standard InChI is InChI=1S/C8H14BrNO2S/c9-6-13(11,12)10-5-7-1-3-8(10)4-2-7/h7-8H,1-6H2. The van der Waals surface area contributed by atoms with Gasteiger partial charge in [-0.1, -0.05) is 15.9 Å². The van der Waals surface area contributed by atoms with E-state index in [0.717, 1.165) is 19.4 Å². The van der Waals surface area contributed by atoms with Gasteiger partial charge in [0, 0.05) is 12.6 Å². The predicted molar refractivity (Wildman–Crippen MR) is 55.2 cm³/mol. The second kappa shape index (κ2) is 3.51. The molecule has 0 aromatic carbocycles. The molecule has 0 radical (unpaired) electrons. The van der Waals surface area contributed by atoms with Gasteiger partial charge in [-0.15, -0.1) is 0 Å². The van der Waals surface area contributed by atoms with E-state index in [2.05, 4.69) is 15.9 Å². The molecule has 3 fully saturated rings. The van der Waals surface area contributed by atoms with Crippen LogP contribution in [0.3, 0.4) is 0 Å². The zero-order chi connectivity index (χ0) is 9.47. The molecule has 3 nitrogen and oxygen atoms in total. The number of halogens is 1. The Bertz CT molecular complexity index is 283. The lowest BCUT2D eigenvalue weighted by atomic mass is 9.82. The van der Waals surface area contributed by atoms with Gasteiger partial charge in [0.05, 0.1) is 0 Å². The van der Waals surface area contributed by atoms with Crippen LogP contribution < -0.4 is 0 Å². The van der Waals surface area contributed by atoms with Crippen LogP contribution in [0.4, 0.5) is 0 Å². The molecule has 76 valence electrons.